The molecule has 0 heterocycles. The molecule has 21 heavy (non-hydrogen) atoms. The summed E-state index contributed by atoms with van der Waals surface area (Å²) in [5, 5.41) is 12.7. The summed E-state index contributed by atoms with van der Waals surface area (Å²) in [4.78, 5) is 0. The molecular formula is C17H17BrN2O. The number of nitrogens with one attached hydrogen (secondary N) is 1. The Morgan fingerprint density at radius 2 is 1.95 bits per heavy atom. The first-order chi connectivity index (χ1) is 10.2. The van der Waals surface area contributed by atoms with E-state index in [-0.39, 0.29) is 6.04 Å². The van der Waals surface area contributed by atoms with E-state index < -0.39 is 0 Å². The van der Waals surface area contributed by atoms with Crippen LogP contribution in [0, 0.1) is 11.3 Å². The summed E-state index contributed by atoms with van der Waals surface area (Å²) in [6, 6.07) is 16.0. The third kappa shape index (κ3) is 3.77. The molecule has 0 saturated carbocycles. The first-order valence-electron chi connectivity index (χ1n) is 6.78. The van der Waals surface area contributed by atoms with Gasteiger partial charge in [-0.15, -0.1) is 0 Å². The van der Waals surface area contributed by atoms with Crippen molar-refractivity contribution in [2.24, 2.45) is 0 Å². The van der Waals surface area contributed by atoms with Gasteiger partial charge < -0.3 is 10.1 Å². The van der Waals surface area contributed by atoms with E-state index in [1.165, 1.54) is 5.56 Å². The van der Waals surface area contributed by atoms with E-state index in [0.717, 1.165) is 22.3 Å². The summed E-state index contributed by atoms with van der Waals surface area (Å²) >= 11 is 3.45. The Morgan fingerprint density at radius 3 is 2.52 bits per heavy atom. The van der Waals surface area contributed by atoms with Crippen LogP contribution >= 0.6 is 15.9 Å². The van der Waals surface area contributed by atoms with E-state index in [9.17, 15) is 5.26 Å². The van der Waals surface area contributed by atoms with E-state index in [1.807, 2.05) is 42.5 Å². The second-order valence-electron chi connectivity index (χ2n) is 4.68. The number of anilines is 1. The van der Waals surface area contributed by atoms with Crippen LogP contribution in [0.2, 0.25) is 0 Å². The van der Waals surface area contributed by atoms with Crippen LogP contribution in [0.4, 0.5) is 5.69 Å². The molecule has 1 N–H and O–H groups in total. The molecule has 2 rings (SSSR count). The Hall–Kier alpha value is -1.99. The monoisotopic (exact) mass is 344 g/mol. The Morgan fingerprint density at radius 1 is 1.24 bits per heavy atom. The number of nitrogens with zero attached hydrogens (tertiary/aromatic N) is 1. The number of halogens is 1. The number of nitriles is 1. The summed E-state index contributed by atoms with van der Waals surface area (Å²) in [6.45, 7) is 2.12. The normalized spacial score (nSPS) is 11.5. The molecular weight excluding hydrogens is 328 g/mol. The highest BCUT2D eigenvalue weighted by molar-refractivity contribution is 9.10. The average molecular weight is 345 g/mol. The van der Waals surface area contributed by atoms with Gasteiger partial charge in [0.1, 0.15) is 11.8 Å². The molecule has 0 aliphatic carbocycles. The molecule has 2 aromatic rings. The first kappa shape index (κ1) is 15.4. The molecule has 1 unspecified atom stereocenters. The first-order valence-corrected chi connectivity index (χ1v) is 7.57. The molecule has 0 saturated heterocycles. The molecule has 0 fully saturated rings. The van der Waals surface area contributed by atoms with Gasteiger partial charge in [0.05, 0.1) is 24.4 Å². The largest absolute Gasteiger partial charge is 0.497 e. The van der Waals surface area contributed by atoms with Crippen molar-refractivity contribution in [1.82, 2.24) is 0 Å². The number of methoxy groups -OCH3 is 1. The van der Waals surface area contributed by atoms with Gasteiger partial charge in [-0.05, 0) is 42.3 Å². The van der Waals surface area contributed by atoms with E-state index in [2.05, 4.69) is 34.2 Å². The second kappa shape index (κ2) is 7.14. The molecule has 0 aliphatic heterocycles. The second-order valence-corrected chi connectivity index (χ2v) is 5.60. The maximum Gasteiger partial charge on any atom is 0.118 e. The number of hydrogen-bond donors (Lipinski definition) is 1. The van der Waals surface area contributed by atoms with Crippen LogP contribution in [0.25, 0.3) is 0 Å². The Labute approximate surface area is 133 Å². The molecule has 0 aliphatic rings. The van der Waals surface area contributed by atoms with Crippen molar-refractivity contribution in [2.75, 3.05) is 12.4 Å². The minimum Gasteiger partial charge on any atom is -0.497 e. The molecule has 0 spiro atoms. The van der Waals surface area contributed by atoms with Gasteiger partial charge in [-0.25, -0.2) is 0 Å². The highest BCUT2D eigenvalue weighted by Crippen LogP contribution is 2.28. The zero-order valence-corrected chi connectivity index (χ0v) is 13.6. The van der Waals surface area contributed by atoms with Crippen LogP contribution in [-0.4, -0.2) is 7.11 Å². The molecule has 2 aromatic carbocycles. The Kier molecular flexibility index (Phi) is 5.24. The lowest BCUT2D eigenvalue weighted by Gasteiger charge is -2.20. The van der Waals surface area contributed by atoms with Gasteiger partial charge in [0.2, 0.25) is 0 Å². The summed E-state index contributed by atoms with van der Waals surface area (Å²) in [7, 11) is 1.66. The minimum atomic E-state index is 0.150. The van der Waals surface area contributed by atoms with E-state index in [1.54, 1.807) is 7.11 Å². The molecule has 108 valence electrons. The van der Waals surface area contributed by atoms with Crippen LogP contribution in [0.1, 0.15) is 30.5 Å². The molecule has 4 heteroatoms. The van der Waals surface area contributed by atoms with Crippen molar-refractivity contribution < 1.29 is 4.74 Å². The van der Waals surface area contributed by atoms with Crippen LogP contribution in [0.15, 0.2) is 46.9 Å². The molecule has 3 nitrogen and oxygen atoms in total. The summed E-state index contributed by atoms with van der Waals surface area (Å²) in [5.41, 5.74) is 2.65. The van der Waals surface area contributed by atoms with Crippen molar-refractivity contribution in [3.8, 4) is 11.8 Å². The van der Waals surface area contributed by atoms with Gasteiger partial charge in [-0.1, -0.05) is 35.0 Å². The predicted octanol–water partition coefficient (Wildman–Crippen LogP) is 4.89. The predicted molar refractivity (Wildman–Crippen MR) is 88.5 cm³/mol. The van der Waals surface area contributed by atoms with Gasteiger partial charge in [-0.3, -0.25) is 0 Å². The molecule has 1 atom stereocenters. The highest BCUT2D eigenvalue weighted by Gasteiger charge is 2.12. The van der Waals surface area contributed by atoms with Crippen molar-refractivity contribution in [3.63, 3.8) is 0 Å². The lowest BCUT2D eigenvalue weighted by atomic mass is 10.0. The van der Waals surface area contributed by atoms with E-state index in [4.69, 9.17) is 4.74 Å². The molecule has 0 amide bonds. The zero-order chi connectivity index (χ0) is 15.2. The number of hydrogen-bond acceptors (Lipinski definition) is 3. The fourth-order valence-electron chi connectivity index (χ4n) is 2.18. The van der Waals surface area contributed by atoms with Crippen LogP contribution in [-0.2, 0) is 0 Å². The van der Waals surface area contributed by atoms with E-state index >= 15 is 0 Å². The third-order valence-corrected chi connectivity index (χ3v) is 3.85. The third-order valence-electron chi connectivity index (χ3n) is 3.36. The SMILES string of the molecule is CCC(Nc1cc(Br)ccc1C#N)c1ccc(OC)cc1. The lowest BCUT2D eigenvalue weighted by molar-refractivity contribution is 0.414. The summed E-state index contributed by atoms with van der Waals surface area (Å²) in [5.74, 6) is 0.841. The average Bonchev–Trinajstić information content (AvgIpc) is 2.53. The van der Waals surface area contributed by atoms with Gasteiger partial charge in [0.15, 0.2) is 0 Å². The van der Waals surface area contributed by atoms with Crippen molar-refractivity contribution in [2.45, 2.75) is 19.4 Å². The van der Waals surface area contributed by atoms with E-state index in [0.29, 0.717) is 5.56 Å². The highest BCUT2D eigenvalue weighted by atomic mass is 79.9. The molecule has 0 radical (unpaired) electrons. The number of benzene rings is 2. The summed E-state index contributed by atoms with van der Waals surface area (Å²) in [6.07, 6.45) is 0.920. The van der Waals surface area contributed by atoms with Gasteiger partial charge in [0, 0.05) is 4.47 Å². The van der Waals surface area contributed by atoms with Crippen LogP contribution < -0.4 is 10.1 Å². The lowest BCUT2D eigenvalue weighted by Crippen LogP contribution is -2.10. The Balaban J connectivity index is 2.26. The zero-order valence-electron chi connectivity index (χ0n) is 12.1. The summed E-state index contributed by atoms with van der Waals surface area (Å²) < 4.78 is 6.14. The number of ether oxygens (including phenoxy) is 1. The standard InChI is InChI=1S/C17H17BrN2O/c1-3-16(12-5-8-15(21-2)9-6-12)20-17-10-14(18)7-4-13(17)11-19/h4-10,16,20H,3H2,1-2H3. The fourth-order valence-corrected chi connectivity index (χ4v) is 2.54. The molecule has 0 bridgehead atoms. The maximum absolute atomic E-state index is 9.21. The van der Waals surface area contributed by atoms with Crippen LogP contribution in [0.5, 0.6) is 5.75 Å². The van der Waals surface area contributed by atoms with Gasteiger partial charge >= 0.3 is 0 Å². The van der Waals surface area contributed by atoms with Crippen molar-refractivity contribution >= 4 is 21.6 Å². The minimum absolute atomic E-state index is 0.150. The van der Waals surface area contributed by atoms with Crippen LogP contribution in [0.3, 0.4) is 0 Å². The van der Waals surface area contributed by atoms with Crippen molar-refractivity contribution in [3.05, 3.63) is 58.1 Å². The smallest absolute Gasteiger partial charge is 0.118 e. The quantitative estimate of drug-likeness (QED) is 0.839. The topological polar surface area (TPSA) is 45.0 Å². The van der Waals surface area contributed by atoms with Gasteiger partial charge in [-0.2, -0.15) is 5.26 Å². The maximum atomic E-state index is 9.21. The van der Waals surface area contributed by atoms with Crippen molar-refractivity contribution in [1.29, 1.82) is 5.26 Å². The van der Waals surface area contributed by atoms with Gasteiger partial charge in [0.25, 0.3) is 0 Å². The fraction of sp³-hybridized carbons (Fsp3) is 0.235. The Bertz CT molecular complexity index is 647. The molecule has 0 aromatic heterocycles. The number of rotatable bonds is 5.